The molecule has 3 N–H and O–H groups in total. The molecule has 0 radical (unpaired) electrons. The Kier molecular flexibility index (Phi) is 10.6. The van der Waals surface area contributed by atoms with Gasteiger partial charge in [-0.25, -0.2) is 9.59 Å². The number of aliphatic hydroxyl groups excluding tert-OH is 1. The van der Waals surface area contributed by atoms with Gasteiger partial charge in [-0.1, -0.05) is 19.9 Å². The van der Waals surface area contributed by atoms with Gasteiger partial charge in [0.05, 0.1) is 23.5 Å². The van der Waals surface area contributed by atoms with E-state index in [2.05, 4.69) is 15.3 Å². The zero-order valence-corrected chi connectivity index (χ0v) is 20.7. The minimum Gasteiger partial charge on any atom is -0.419 e. The van der Waals surface area contributed by atoms with Crippen LogP contribution in [0.3, 0.4) is 0 Å². The van der Waals surface area contributed by atoms with Gasteiger partial charge in [0, 0.05) is 37.4 Å². The Hall–Kier alpha value is -3.71. The average Bonchev–Trinajstić information content (AvgIpc) is 2.83. The van der Waals surface area contributed by atoms with Crippen LogP contribution in [-0.2, 0) is 10.1 Å². The summed E-state index contributed by atoms with van der Waals surface area (Å²) in [4.78, 5) is 32.8. The molecule has 1 atom stereocenters. The molecule has 0 aliphatic carbocycles. The Balaban J connectivity index is 0.000000830. The van der Waals surface area contributed by atoms with E-state index in [1.165, 1.54) is 61.2 Å². The number of hydrogen-bond acceptors (Lipinski definition) is 10. The number of hydrogen-bond donors (Lipinski definition) is 3. The predicted molar refractivity (Wildman–Crippen MR) is 130 cm³/mol. The third-order valence-electron chi connectivity index (χ3n) is 4.31. The second kappa shape index (κ2) is 13.4. The van der Waals surface area contributed by atoms with Crippen LogP contribution in [0.2, 0.25) is 0 Å². The van der Waals surface area contributed by atoms with Crippen molar-refractivity contribution in [1.29, 1.82) is 0 Å². The molecule has 11 nitrogen and oxygen atoms in total. The number of aliphatic hydroxyl groups is 1. The van der Waals surface area contributed by atoms with Gasteiger partial charge < -0.3 is 19.9 Å². The minimum absolute atomic E-state index is 0.0188. The maximum Gasteiger partial charge on any atom is 0.343 e. The van der Waals surface area contributed by atoms with Crippen LogP contribution in [0, 0.1) is 0 Å². The van der Waals surface area contributed by atoms with Crippen LogP contribution < -0.4 is 14.8 Å². The number of pyridine rings is 2. The van der Waals surface area contributed by atoms with Crippen LogP contribution in [0.5, 0.6) is 11.5 Å². The molecule has 0 spiro atoms. The molecule has 2 heterocycles. The molecular formula is C24H27N3O8S. The van der Waals surface area contributed by atoms with Crippen LogP contribution in [0.4, 0.5) is 0 Å². The molecule has 0 saturated heterocycles. The zero-order chi connectivity index (χ0) is 26.7. The van der Waals surface area contributed by atoms with Gasteiger partial charge in [-0.15, -0.1) is 0 Å². The summed E-state index contributed by atoms with van der Waals surface area (Å²) in [6.07, 6.45) is 5.76. The molecule has 36 heavy (non-hydrogen) atoms. The summed E-state index contributed by atoms with van der Waals surface area (Å²) in [7, 11) is -3.67. The lowest BCUT2D eigenvalue weighted by Gasteiger charge is -2.17. The van der Waals surface area contributed by atoms with Crippen molar-refractivity contribution < 1.29 is 37.1 Å². The predicted octanol–water partition coefficient (Wildman–Crippen LogP) is 2.45. The summed E-state index contributed by atoms with van der Waals surface area (Å²) in [6, 6.07) is 10.8. The average molecular weight is 518 g/mol. The molecule has 0 bridgehead atoms. The fourth-order valence-corrected chi connectivity index (χ4v) is 2.65. The maximum atomic E-state index is 12.5. The van der Waals surface area contributed by atoms with Crippen LogP contribution >= 0.6 is 0 Å². The van der Waals surface area contributed by atoms with E-state index in [-0.39, 0.29) is 23.1 Å². The SMILES string of the molecule is CC(C)NCC(O)c1ccc(OC(=O)c2ccncc2)c(OC(=O)c2ccncc2)c1.CS(=O)(=O)O. The zero-order valence-electron chi connectivity index (χ0n) is 19.9. The largest absolute Gasteiger partial charge is 0.419 e. The van der Waals surface area contributed by atoms with Gasteiger partial charge >= 0.3 is 11.9 Å². The fourth-order valence-electron chi connectivity index (χ4n) is 2.65. The van der Waals surface area contributed by atoms with Crippen molar-refractivity contribution in [1.82, 2.24) is 15.3 Å². The second-order valence-corrected chi connectivity index (χ2v) is 9.23. The fraction of sp³-hybridized carbons (Fsp3) is 0.250. The molecule has 192 valence electrons. The number of nitrogens with zero attached hydrogens (tertiary/aromatic N) is 2. The molecule has 2 aromatic heterocycles. The first-order valence-electron chi connectivity index (χ1n) is 10.7. The highest BCUT2D eigenvalue weighted by molar-refractivity contribution is 7.85. The molecule has 1 unspecified atom stereocenters. The molecule has 1 aromatic carbocycles. The molecular weight excluding hydrogens is 490 g/mol. The third-order valence-corrected chi connectivity index (χ3v) is 4.31. The lowest BCUT2D eigenvalue weighted by Crippen LogP contribution is -2.27. The van der Waals surface area contributed by atoms with E-state index in [4.69, 9.17) is 14.0 Å². The summed E-state index contributed by atoms with van der Waals surface area (Å²) in [5, 5.41) is 13.6. The monoisotopic (exact) mass is 517 g/mol. The number of esters is 2. The third kappa shape index (κ3) is 10.3. The van der Waals surface area contributed by atoms with Gasteiger partial charge in [0.1, 0.15) is 0 Å². The lowest BCUT2D eigenvalue weighted by atomic mass is 10.1. The van der Waals surface area contributed by atoms with E-state index in [1.54, 1.807) is 6.07 Å². The first-order valence-corrected chi connectivity index (χ1v) is 12.5. The van der Waals surface area contributed by atoms with Gasteiger partial charge in [-0.2, -0.15) is 8.42 Å². The normalized spacial score (nSPS) is 11.7. The highest BCUT2D eigenvalue weighted by Crippen LogP contribution is 2.32. The van der Waals surface area contributed by atoms with Gasteiger partial charge in [0.15, 0.2) is 11.5 Å². The number of ether oxygens (including phenoxy) is 2. The lowest BCUT2D eigenvalue weighted by molar-refractivity contribution is 0.0681. The first kappa shape index (κ1) is 28.5. The first-order chi connectivity index (χ1) is 16.9. The maximum absolute atomic E-state index is 12.5. The van der Waals surface area contributed by atoms with Crippen LogP contribution in [0.25, 0.3) is 0 Å². The van der Waals surface area contributed by atoms with Gasteiger partial charge in [-0.05, 0) is 42.0 Å². The van der Waals surface area contributed by atoms with E-state index in [0.717, 1.165) is 0 Å². The van der Waals surface area contributed by atoms with Crippen LogP contribution in [0.1, 0.15) is 46.2 Å². The molecule has 0 fully saturated rings. The van der Waals surface area contributed by atoms with Crippen molar-refractivity contribution in [2.45, 2.75) is 26.0 Å². The summed E-state index contributed by atoms with van der Waals surface area (Å²) in [5.41, 5.74) is 1.09. The molecule has 0 aliphatic heterocycles. The molecule has 3 rings (SSSR count). The van der Waals surface area contributed by atoms with Crippen LogP contribution in [-0.4, -0.2) is 58.8 Å². The Morgan fingerprint density at radius 3 is 1.78 bits per heavy atom. The summed E-state index contributed by atoms with van der Waals surface area (Å²) in [6.45, 7) is 4.25. The van der Waals surface area contributed by atoms with Crippen molar-refractivity contribution >= 4 is 22.1 Å². The molecule has 0 saturated carbocycles. The standard InChI is InChI=1S/C23H23N3O5.CH4O3S/c1-15(2)26-14-19(27)18-3-4-20(30-22(28)16-5-9-24-10-6-16)21(13-18)31-23(29)17-7-11-25-12-8-17;1-5(2,3)4/h3-13,15,19,26-27H,14H2,1-2H3;1H3,(H,2,3,4). The quantitative estimate of drug-likeness (QED) is 0.228. The van der Waals surface area contributed by atoms with Crippen molar-refractivity contribution in [2.75, 3.05) is 12.8 Å². The van der Waals surface area contributed by atoms with E-state index in [0.29, 0.717) is 23.9 Å². The highest BCUT2D eigenvalue weighted by Gasteiger charge is 2.19. The molecule has 12 heteroatoms. The van der Waals surface area contributed by atoms with Gasteiger partial charge in [-0.3, -0.25) is 14.5 Å². The van der Waals surface area contributed by atoms with Gasteiger partial charge in [0.25, 0.3) is 10.1 Å². The van der Waals surface area contributed by atoms with E-state index in [1.807, 2.05) is 13.8 Å². The van der Waals surface area contributed by atoms with E-state index >= 15 is 0 Å². The van der Waals surface area contributed by atoms with E-state index in [9.17, 15) is 23.1 Å². The second-order valence-electron chi connectivity index (χ2n) is 7.77. The summed E-state index contributed by atoms with van der Waals surface area (Å²) < 4.78 is 36.8. The number of carbonyl (C=O) groups is 2. The van der Waals surface area contributed by atoms with Crippen LogP contribution in [0.15, 0.2) is 67.3 Å². The Morgan fingerprint density at radius 2 is 1.33 bits per heavy atom. The Bertz CT molecular complexity index is 1240. The van der Waals surface area contributed by atoms with Crippen molar-refractivity contribution in [2.24, 2.45) is 0 Å². The number of benzene rings is 1. The number of rotatable bonds is 8. The summed E-state index contributed by atoms with van der Waals surface area (Å²) >= 11 is 0. The molecule has 0 amide bonds. The Labute approximate surface area is 208 Å². The topological polar surface area (TPSA) is 165 Å². The van der Waals surface area contributed by atoms with Crippen molar-refractivity contribution in [3.63, 3.8) is 0 Å². The minimum atomic E-state index is -3.67. The number of nitrogens with one attached hydrogen (secondary N) is 1. The van der Waals surface area contributed by atoms with Crippen molar-refractivity contribution in [3.05, 3.63) is 83.9 Å². The van der Waals surface area contributed by atoms with E-state index < -0.39 is 28.2 Å². The molecule has 3 aromatic rings. The molecule has 0 aliphatic rings. The van der Waals surface area contributed by atoms with Crippen molar-refractivity contribution in [3.8, 4) is 11.5 Å². The smallest absolute Gasteiger partial charge is 0.343 e. The number of aromatic nitrogens is 2. The van der Waals surface area contributed by atoms with Gasteiger partial charge in [0.2, 0.25) is 0 Å². The highest BCUT2D eigenvalue weighted by atomic mass is 32.2. The summed E-state index contributed by atoms with van der Waals surface area (Å²) in [5.74, 6) is -1.20. The Morgan fingerprint density at radius 1 is 0.889 bits per heavy atom. The number of carbonyl (C=O) groups excluding carboxylic acids is 2.